The molecule has 1 aliphatic rings. The number of carbonyl (C=O) groups is 2. The van der Waals surface area contributed by atoms with Gasteiger partial charge in [-0.1, -0.05) is 6.08 Å². The van der Waals surface area contributed by atoms with Gasteiger partial charge >= 0.3 is 0 Å². The summed E-state index contributed by atoms with van der Waals surface area (Å²) in [4.78, 5) is 24.5. The first kappa shape index (κ1) is 23.8. The molecule has 27 heavy (non-hydrogen) atoms. The average molecular weight is 386 g/mol. The van der Waals surface area contributed by atoms with Crippen LogP contribution in [0, 0.1) is 5.92 Å². The lowest BCUT2D eigenvalue weighted by Crippen LogP contribution is -2.46. The van der Waals surface area contributed by atoms with Gasteiger partial charge in [-0.2, -0.15) is 0 Å². The van der Waals surface area contributed by atoms with Gasteiger partial charge in [0.1, 0.15) is 6.10 Å². The first-order valence-electron chi connectivity index (χ1n) is 9.71. The van der Waals surface area contributed by atoms with E-state index in [1.165, 1.54) is 6.92 Å². The molecule has 0 aromatic carbocycles. The molecular weight excluding hydrogens is 348 g/mol. The van der Waals surface area contributed by atoms with E-state index in [4.69, 9.17) is 9.47 Å². The van der Waals surface area contributed by atoms with Crippen molar-refractivity contribution in [1.82, 2.24) is 5.32 Å². The van der Waals surface area contributed by atoms with Crippen LogP contribution in [0.3, 0.4) is 0 Å². The molecule has 2 atom stereocenters. The molecule has 1 rings (SSSR count). The first-order valence-corrected chi connectivity index (χ1v) is 9.71. The molecule has 0 saturated heterocycles. The number of ether oxygens (including phenoxy) is 2. The van der Waals surface area contributed by atoms with Crippen LogP contribution in [0.15, 0.2) is 11.6 Å². The molecule has 0 spiro atoms. The molecule has 2 N–H and O–H groups in total. The Balaban J connectivity index is 2.73. The van der Waals surface area contributed by atoms with Gasteiger partial charge in [-0.05, 0) is 32.6 Å². The van der Waals surface area contributed by atoms with Gasteiger partial charge in [0.05, 0.1) is 45.0 Å². The van der Waals surface area contributed by atoms with Crippen molar-refractivity contribution in [3.05, 3.63) is 11.6 Å². The molecule has 1 amide bonds. The third-order valence-electron chi connectivity index (χ3n) is 5.55. The van der Waals surface area contributed by atoms with Crippen molar-refractivity contribution in [2.24, 2.45) is 5.92 Å². The zero-order valence-electron chi connectivity index (χ0n) is 17.7. The van der Waals surface area contributed by atoms with E-state index in [9.17, 15) is 14.7 Å². The van der Waals surface area contributed by atoms with Crippen molar-refractivity contribution < 1.29 is 28.7 Å². The van der Waals surface area contributed by atoms with Gasteiger partial charge < -0.3 is 24.4 Å². The number of rotatable bonds is 10. The minimum Gasteiger partial charge on any atom is -0.388 e. The number of hydrogen-bond acceptors (Lipinski definition) is 5. The zero-order valence-corrected chi connectivity index (χ0v) is 17.7. The lowest BCUT2D eigenvalue weighted by molar-refractivity contribution is -0.888. The summed E-state index contributed by atoms with van der Waals surface area (Å²) in [5.41, 5.74) is 0.172. The van der Waals surface area contributed by atoms with Crippen molar-refractivity contribution in [3.8, 4) is 0 Å². The topological polar surface area (TPSA) is 84.9 Å². The molecule has 7 nitrogen and oxygen atoms in total. The highest BCUT2D eigenvalue weighted by atomic mass is 16.5. The second-order valence-electron chi connectivity index (χ2n) is 7.99. The lowest BCUT2D eigenvalue weighted by atomic mass is 9.81. The van der Waals surface area contributed by atoms with E-state index < -0.39 is 6.10 Å². The second kappa shape index (κ2) is 10.9. The fourth-order valence-electron chi connectivity index (χ4n) is 3.37. The maximum atomic E-state index is 12.5. The quantitative estimate of drug-likeness (QED) is 0.192. The van der Waals surface area contributed by atoms with E-state index in [0.29, 0.717) is 19.4 Å². The lowest BCUT2D eigenvalue weighted by Gasteiger charge is -2.36. The molecule has 0 aliphatic heterocycles. The number of Topliss-reactive ketones (excluding diaryl/α,β-unsaturated/α-hetero) is 1. The number of aliphatic hydroxyl groups is 1. The van der Waals surface area contributed by atoms with Crippen molar-refractivity contribution in [1.29, 1.82) is 0 Å². The second-order valence-corrected chi connectivity index (χ2v) is 7.99. The Kier molecular flexibility index (Phi) is 9.59. The standard InChI is InChI=1S/C20H36N2O5/c1-7-22(3,4)10-8-9-21-20(25)16(14(2)23)11-15-12-17(26-5)19(24)18(13-15)27-6/h11,15,17-19,24H,7-10,12-13H2,1-6H3/p+1/b16-11-. The van der Waals surface area contributed by atoms with Crippen LogP contribution in [0.4, 0.5) is 0 Å². The molecule has 1 fully saturated rings. The van der Waals surface area contributed by atoms with E-state index in [1.54, 1.807) is 20.3 Å². The van der Waals surface area contributed by atoms with Gasteiger partial charge in [-0.15, -0.1) is 0 Å². The maximum Gasteiger partial charge on any atom is 0.254 e. The largest absolute Gasteiger partial charge is 0.388 e. The van der Waals surface area contributed by atoms with Crippen molar-refractivity contribution in [3.63, 3.8) is 0 Å². The Morgan fingerprint density at radius 1 is 1.19 bits per heavy atom. The maximum absolute atomic E-state index is 12.5. The van der Waals surface area contributed by atoms with Crippen LogP contribution in [0.2, 0.25) is 0 Å². The van der Waals surface area contributed by atoms with Crippen molar-refractivity contribution in [2.75, 3.05) is 47.9 Å². The molecule has 2 unspecified atom stereocenters. The van der Waals surface area contributed by atoms with Crippen LogP contribution < -0.4 is 5.32 Å². The van der Waals surface area contributed by atoms with Gasteiger partial charge in [0.25, 0.3) is 5.91 Å². The summed E-state index contributed by atoms with van der Waals surface area (Å²) in [6.07, 6.45) is 2.19. The fourth-order valence-corrected chi connectivity index (χ4v) is 3.37. The van der Waals surface area contributed by atoms with Gasteiger partial charge in [0.15, 0.2) is 5.78 Å². The summed E-state index contributed by atoms with van der Waals surface area (Å²) in [6, 6.07) is 0. The normalized spacial score (nSPS) is 26.7. The number of quaternary nitrogens is 1. The number of carbonyl (C=O) groups excluding carboxylic acids is 2. The minimum absolute atomic E-state index is 0.0661. The van der Waals surface area contributed by atoms with Gasteiger partial charge in [0, 0.05) is 27.2 Å². The van der Waals surface area contributed by atoms with E-state index in [0.717, 1.165) is 24.0 Å². The Morgan fingerprint density at radius 2 is 1.74 bits per heavy atom. The minimum atomic E-state index is -0.709. The zero-order chi connectivity index (χ0) is 20.6. The Labute approximate surface area is 163 Å². The van der Waals surface area contributed by atoms with E-state index >= 15 is 0 Å². The van der Waals surface area contributed by atoms with E-state index in [1.807, 2.05) is 0 Å². The molecule has 0 bridgehead atoms. The number of nitrogens with zero attached hydrogens (tertiary/aromatic N) is 1. The van der Waals surface area contributed by atoms with Gasteiger partial charge in [-0.3, -0.25) is 9.59 Å². The van der Waals surface area contributed by atoms with Crippen molar-refractivity contribution in [2.45, 2.75) is 51.4 Å². The molecule has 7 heteroatoms. The number of nitrogens with one attached hydrogen (secondary N) is 1. The van der Waals surface area contributed by atoms with Crippen LogP contribution in [0.1, 0.15) is 33.1 Å². The van der Waals surface area contributed by atoms with Crippen LogP contribution in [-0.4, -0.2) is 87.5 Å². The first-order chi connectivity index (χ1) is 12.6. The SMILES string of the molecule is CC[N+](C)(C)CCCNC(=O)/C(=C\C1CC(OC)C(O)C(OC)C1)C(C)=O. The number of ketones is 1. The summed E-state index contributed by atoms with van der Waals surface area (Å²) in [5, 5.41) is 13.1. The fraction of sp³-hybridized carbons (Fsp3) is 0.800. The highest BCUT2D eigenvalue weighted by Gasteiger charge is 2.37. The predicted octanol–water partition coefficient (Wildman–Crippen LogP) is 0.905. The summed E-state index contributed by atoms with van der Waals surface area (Å²) < 4.78 is 11.6. The third-order valence-corrected chi connectivity index (χ3v) is 5.55. The molecule has 1 saturated carbocycles. The molecule has 0 aromatic rings. The van der Waals surface area contributed by atoms with Crippen LogP contribution >= 0.6 is 0 Å². The number of allylic oxidation sites excluding steroid dienone is 1. The molecule has 156 valence electrons. The molecule has 0 radical (unpaired) electrons. The average Bonchev–Trinajstić information content (AvgIpc) is 2.63. The number of amides is 1. The molecular formula is C20H37N2O5+. The predicted molar refractivity (Wildman–Crippen MR) is 104 cm³/mol. The van der Waals surface area contributed by atoms with Crippen LogP contribution in [0.25, 0.3) is 0 Å². The molecule has 0 heterocycles. The summed E-state index contributed by atoms with van der Waals surface area (Å²) in [7, 11) is 7.39. The summed E-state index contributed by atoms with van der Waals surface area (Å²) >= 11 is 0. The third kappa shape index (κ3) is 7.33. The Morgan fingerprint density at radius 3 is 2.19 bits per heavy atom. The number of aliphatic hydroxyl groups excluding tert-OH is 1. The highest BCUT2D eigenvalue weighted by Crippen LogP contribution is 2.30. The van der Waals surface area contributed by atoms with E-state index in [-0.39, 0.29) is 35.4 Å². The van der Waals surface area contributed by atoms with Gasteiger partial charge in [0.2, 0.25) is 0 Å². The Bertz CT molecular complexity index is 518. The van der Waals surface area contributed by atoms with E-state index in [2.05, 4.69) is 26.3 Å². The number of methoxy groups -OCH3 is 2. The van der Waals surface area contributed by atoms with Crippen LogP contribution in [-0.2, 0) is 19.1 Å². The van der Waals surface area contributed by atoms with Gasteiger partial charge in [-0.25, -0.2) is 0 Å². The smallest absolute Gasteiger partial charge is 0.254 e. The number of hydrogen-bond donors (Lipinski definition) is 2. The molecule has 1 aliphatic carbocycles. The summed E-state index contributed by atoms with van der Waals surface area (Å²) in [5.74, 6) is -0.659. The Hall–Kier alpha value is -1.28. The monoisotopic (exact) mass is 385 g/mol. The summed E-state index contributed by atoms with van der Waals surface area (Å²) in [6.45, 7) is 6.07. The highest BCUT2D eigenvalue weighted by molar-refractivity contribution is 6.18. The van der Waals surface area contributed by atoms with Crippen LogP contribution in [0.5, 0.6) is 0 Å². The molecule has 0 aromatic heterocycles. The van der Waals surface area contributed by atoms with Crippen molar-refractivity contribution >= 4 is 11.7 Å².